The Balaban J connectivity index is 1.68. The Hall–Kier alpha value is -2.58. The smallest absolute Gasteiger partial charge is 0.240 e. The van der Waals surface area contributed by atoms with Crippen molar-refractivity contribution in [3.05, 3.63) is 48.0 Å². The van der Waals surface area contributed by atoms with Crippen molar-refractivity contribution in [2.45, 2.75) is 38.1 Å². The first kappa shape index (κ1) is 22.1. The van der Waals surface area contributed by atoms with E-state index in [0.717, 1.165) is 18.7 Å². The van der Waals surface area contributed by atoms with E-state index in [9.17, 15) is 13.2 Å². The maximum Gasteiger partial charge on any atom is 0.240 e. The van der Waals surface area contributed by atoms with Crippen LogP contribution in [-0.2, 0) is 21.4 Å². The third-order valence-corrected chi connectivity index (χ3v) is 6.62. The minimum atomic E-state index is -3.75. The van der Waals surface area contributed by atoms with E-state index < -0.39 is 10.0 Å². The zero-order valence-electron chi connectivity index (χ0n) is 17.6. The molecule has 1 amide bonds. The molecule has 0 aliphatic carbocycles. The number of methoxy groups -OCH3 is 1. The molecule has 2 N–H and O–H groups in total. The molecule has 1 heterocycles. The van der Waals surface area contributed by atoms with Gasteiger partial charge in [0.05, 0.1) is 17.7 Å². The number of sulfonamides is 1. The summed E-state index contributed by atoms with van der Waals surface area (Å²) < 4.78 is 33.2. The number of nitrogens with zero attached hydrogens (tertiary/aromatic N) is 1. The second kappa shape index (κ2) is 9.49. The van der Waals surface area contributed by atoms with E-state index >= 15 is 0 Å². The first-order chi connectivity index (χ1) is 14.3. The first-order valence-electron chi connectivity index (χ1n) is 10.1. The molecule has 8 heteroatoms. The van der Waals surface area contributed by atoms with E-state index in [-0.39, 0.29) is 17.3 Å². The lowest BCUT2D eigenvalue weighted by atomic mass is 9.99. The Kier molecular flexibility index (Phi) is 6.99. The van der Waals surface area contributed by atoms with Crippen LogP contribution < -0.4 is 19.7 Å². The van der Waals surface area contributed by atoms with Gasteiger partial charge in [-0.2, -0.15) is 0 Å². The van der Waals surface area contributed by atoms with E-state index in [0.29, 0.717) is 17.4 Å². The molecule has 0 bridgehead atoms. The van der Waals surface area contributed by atoms with Crippen LogP contribution in [0.1, 0.15) is 32.3 Å². The first-order valence-corrected chi connectivity index (χ1v) is 11.6. The summed E-state index contributed by atoms with van der Waals surface area (Å²) in [5, 5.41) is 2.59. The molecule has 1 unspecified atom stereocenters. The SMILES string of the molecule is COc1ccc(S(=O)(=O)NCc2ccc(N3CCCC(C)C3)cc2)cc1NC(C)=O. The van der Waals surface area contributed by atoms with Gasteiger partial charge in [-0.1, -0.05) is 19.1 Å². The summed E-state index contributed by atoms with van der Waals surface area (Å²) in [5.74, 6) is 0.780. The van der Waals surface area contributed by atoms with Gasteiger partial charge in [0.25, 0.3) is 0 Å². The van der Waals surface area contributed by atoms with Crippen LogP contribution in [0, 0.1) is 5.92 Å². The van der Waals surface area contributed by atoms with E-state index in [1.165, 1.54) is 50.8 Å². The molecule has 1 saturated heterocycles. The molecule has 1 fully saturated rings. The number of amides is 1. The van der Waals surface area contributed by atoms with Crippen LogP contribution >= 0.6 is 0 Å². The number of hydrogen-bond acceptors (Lipinski definition) is 5. The van der Waals surface area contributed by atoms with Gasteiger partial charge in [0.15, 0.2) is 0 Å². The Labute approximate surface area is 178 Å². The zero-order chi connectivity index (χ0) is 21.7. The average Bonchev–Trinajstić information content (AvgIpc) is 2.72. The molecule has 1 atom stereocenters. The molecule has 3 rings (SSSR count). The van der Waals surface area contributed by atoms with Crippen LogP contribution in [0.5, 0.6) is 5.75 Å². The van der Waals surface area contributed by atoms with Gasteiger partial charge >= 0.3 is 0 Å². The lowest BCUT2D eigenvalue weighted by Gasteiger charge is -2.32. The van der Waals surface area contributed by atoms with Gasteiger partial charge < -0.3 is 15.0 Å². The van der Waals surface area contributed by atoms with E-state index in [1.807, 2.05) is 24.3 Å². The fraction of sp³-hybridized carbons (Fsp3) is 0.409. The number of benzene rings is 2. The van der Waals surface area contributed by atoms with Gasteiger partial charge in [0.2, 0.25) is 15.9 Å². The van der Waals surface area contributed by atoms with Crippen LogP contribution in [0.25, 0.3) is 0 Å². The van der Waals surface area contributed by atoms with E-state index in [2.05, 4.69) is 21.9 Å². The summed E-state index contributed by atoms with van der Waals surface area (Å²) in [7, 11) is -2.29. The van der Waals surface area contributed by atoms with Crippen molar-refractivity contribution in [3.8, 4) is 5.75 Å². The Bertz CT molecular complexity index is 990. The molecule has 0 aromatic heterocycles. The Morgan fingerprint density at radius 1 is 1.20 bits per heavy atom. The van der Waals surface area contributed by atoms with Crippen molar-refractivity contribution in [2.24, 2.45) is 5.92 Å². The molecular formula is C22H29N3O4S. The highest BCUT2D eigenvalue weighted by molar-refractivity contribution is 7.89. The second-order valence-corrected chi connectivity index (χ2v) is 9.49. The van der Waals surface area contributed by atoms with Crippen LogP contribution in [-0.4, -0.2) is 34.5 Å². The number of rotatable bonds is 7. The highest BCUT2D eigenvalue weighted by atomic mass is 32.2. The maximum atomic E-state index is 12.7. The summed E-state index contributed by atoms with van der Waals surface area (Å²) in [6, 6.07) is 12.4. The van der Waals surface area contributed by atoms with Gasteiger partial charge in [-0.05, 0) is 54.7 Å². The van der Waals surface area contributed by atoms with Gasteiger partial charge in [0.1, 0.15) is 5.75 Å². The number of carbonyl (C=O) groups excluding carboxylic acids is 1. The normalized spacial score (nSPS) is 16.9. The lowest BCUT2D eigenvalue weighted by molar-refractivity contribution is -0.114. The number of carbonyl (C=O) groups is 1. The van der Waals surface area contributed by atoms with Crippen LogP contribution in [0.4, 0.5) is 11.4 Å². The van der Waals surface area contributed by atoms with Gasteiger partial charge in [-0.3, -0.25) is 4.79 Å². The van der Waals surface area contributed by atoms with Gasteiger partial charge in [-0.15, -0.1) is 0 Å². The fourth-order valence-corrected chi connectivity index (χ4v) is 4.70. The van der Waals surface area contributed by atoms with Crippen molar-refractivity contribution < 1.29 is 17.9 Å². The number of ether oxygens (including phenoxy) is 1. The monoisotopic (exact) mass is 431 g/mol. The molecule has 2 aromatic carbocycles. The van der Waals surface area contributed by atoms with Crippen LogP contribution in [0.2, 0.25) is 0 Å². The second-order valence-electron chi connectivity index (χ2n) is 7.73. The minimum Gasteiger partial charge on any atom is -0.495 e. The molecule has 7 nitrogen and oxygen atoms in total. The zero-order valence-corrected chi connectivity index (χ0v) is 18.5. The fourth-order valence-electron chi connectivity index (χ4n) is 3.65. The topological polar surface area (TPSA) is 87.7 Å². The largest absolute Gasteiger partial charge is 0.495 e. The average molecular weight is 432 g/mol. The molecule has 2 aromatic rings. The van der Waals surface area contributed by atoms with Gasteiger partial charge in [0, 0.05) is 32.2 Å². The minimum absolute atomic E-state index is 0.0611. The molecule has 1 aliphatic heterocycles. The van der Waals surface area contributed by atoms with Crippen molar-refractivity contribution >= 4 is 27.3 Å². The highest BCUT2D eigenvalue weighted by Crippen LogP contribution is 2.28. The Morgan fingerprint density at radius 3 is 2.57 bits per heavy atom. The van der Waals surface area contributed by atoms with Crippen LogP contribution in [0.3, 0.4) is 0 Å². The highest BCUT2D eigenvalue weighted by Gasteiger charge is 2.18. The standard InChI is InChI=1S/C22H29N3O4S/c1-16-5-4-12-25(15-16)19-8-6-18(7-9-19)14-23-30(27,28)20-10-11-22(29-3)21(13-20)24-17(2)26/h6-11,13,16,23H,4-5,12,14-15H2,1-3H3,(H,24,26). The summed E-state index contributed by atoms with van der Waals surface area (Å²) in [6.45, 7) is 5.92. The van der Waals surface area contributed by atoms with Gasteiger partial charge in [-0.25, -0.2) is 13.1 Å². The van der Waals surface area contributed by atoms with Crippen molar-refractivity contribution in [2.75, 3.05) is 30.4 Å². The number of piperidine rings is 1. The predicted octanol–water partition coefficient (Wildman–Crippen LogP) is 3.37. The molecule has 0 spiro atoms. The number of anilines is 2. The quantitative estimate of drug-likeness (QED) is 0.702. The lowest BCUT2D eigenvalue weighted by Crippen LogP contribution is -2.34. The van der Waals surface area contributed by atoms with Crippen molar-refractivity contribution in [1.82, 2.24) is 4.72 Å². The molecule has 162 valence electrons. The molecule has 0 radical (unpaired) electrons. The third-order valence-electron chi connectivity index (χ3n) is 5.22. The Morgan fingerprint density at radius 2 is 1.93 bits per heavy atom. The summed E-state index contributed by atoms with van der Waals surface area (Å²) in [4.78, 5) is 13.8. The molecular weight excluding hydrogens is 402 g/mol. The van der Waals surface area contributed by atoms with E-state index in [1.54, 1.807) is 0 Å². The molecule has 1 aliphatic rings. The van der Waals surface area contributed by atoms with Crippen LogP contribution in [0.15, 0.2) is 47.4 Å². The van der Waals surface area contributed by atoms with Crippen molar-refractivity contribution in [3.63, 3.8) is 0 Å². The molecule has 0 saturated carbocycles. The number of nitrogens with one attached hydrogen (secondary N) is 2. The predicted molar refractivity (Wildman–Crippen MR) is 118 cm³/mol. The molecule has 30 heavy (non-hydrogen) atoms. The third kappa shape index (κ3) is 5.52. The summed E-state index contributed by atoms with van der Waals surface area (Å²) in [6.07, 6.45) is 2.47. The maximum absolute atomic E-state index is 12.7. The van der Waals surface area contributed by atoms with E-state index in [4.69, 9.17) is 4.74 Å². The summed E-state index contributed by atoms with van der Waals surface area (Å²) >= 11 is 0. The summed E-state index contributed by atoms with van der Waals surface area (Å²) in [5.41, 5.74) is 2.36. The van der Waals surface area contributed by atoms with Crippen molar-refractivity contribution in [1.29, 1.82) is 0 Å². The number of hydrogen-bond donors (Lipinski definition) is 2.